The molecule has 2 N–H and O–H groups in total. The quantitative estimate of drug-likeness (QED) is 0.223. The lowest BCUT2D eigenvalue weighted by atomic mass is 10.2. The number of carbonyl (C=O) groups excluding carboxylic acids is 1. The van der Waals surface area contributed by atoms with Gasteiger partial charge in [0, 0.05) is 24.5 Å². The first kappa shape index (κ1) is 27.6. The summed E-state index contributed by atoms with van der Waals surface area (Å²) in [4.78, 5) is 14.7. The van der Waals surface area contributed by atoms with Crippen LogP contribution in [0.3, 0.4) is 0 Å². The summed E-state index contributed by atoms with van der Waals surface area (Å²) in [5.41, 5.74) is 1.18. The number of benzene rings is 4. The van der Waals surface area contributed by atoms with Gasteiger partial charge >= 0.3 is 6.03 Å². The minimum Gasteiger partial charge on any atom is -0.497 e. The van der Waals surface area contributed by atoms with Crippen LogP contribution in [-0.4, -0.2) is 34.6 Å². The molecule has 0 unspecified atom stereocenters. The molecule has 0 atom stereocenters. The van der Waals surface area contributed by atoms with Gasteiger partial charge in [0.2, 0.25) is 10.0 Å². The predicted octanol–water partition coefficient (Wildman–Crippen LogP) is 6.03. The third kappa shape index (κ3) is 7.79. The number of nitrogens with zero attached hydrogens (tertiary/aromatic N) is 1. The first-order valence-electron chi connectivity index (χ1n) is 12.1. The molecule has 4 aromatic rings. The van der Waals surface area contributed by atoms with Gasteiger partial charge in [-0.15, -0.1) is 0 Å². The van der Waals surface area contributed by atoms with E-state index in [1.807, 2.05) is 30.3 Å². The zero-order valence-electron chi connectivity index (χ0n) is 21.2. The van der Waals surface area contributed by atoms with Gasteiger partial charge in [-0.2, -0.15) is 0 Å². The van der Waals surface area contributed by atoms with Crippen molar-refractivity contribution in [2.24, 2.45) is 0 Å². The number of rotatable bonds is 11. The van der Waals surface area contributed by atoms with E-state index in [1.165, 1.54) is 17.0 Å². The number of anilines is 2. The van der Waals surface area contributed by atoms with Crippen LogP contribution in [0.4, 0.5) is 20.6 Å². The standard InChI is InChI=1S/C29H28FN3O5S/c1-37-25-14-10-23(11-15-25)32-29(34)33(21-5-20-31-39(35,36)28-18-8-22(30)9-19-28)24-12-16-27(17-13-24)38-26-6-3-2-4-7-26/h2-4,6-19,31H,5,20-21H2,1H3,(H,32,34). The minimum absolute atomic E-state index is 0.0352. The summed E-state index contributed by atoms with van der Waals surface area (Å²) in [6.45, 7) is 0.286. The normalized spacial score (nSPS) is 11.0. The van der Waals surface area contributed by atoms with E-state index in [0.717, 1.165) is 12.1 Å². The molecule has 0 aliphatic heterocycles. The van der Waals surface area contributed by atoms with Crippen LogP contribution >= 0.6 is 0 Å². The van der Waals surface area contributed by atoms with E-state index in [2.05, 4.69) is 10.0 Å². The Bertz CT molecular complexity index is 1460. The maximum absolute atomic E-state index is 13.3. The Labute approximate surface area is 227 Å². The summed E-state index contributed by atoms with van der Waals surface area (Å²) >= 11 is 0. The molecule has 0 saturated carbocycles. The highest BCUT2D eigenvalue weighted by molar-refractivity contribution is 7.89. The Hall–Kier alpha value is -4.41. The average molecular weight is 550 g/mol. The molecule has 0 spiro atoms. The maximum atomic E-state index is 13.3. The number of halogens is 1. The minimum atomic E-state index is -3.81. The largest absolute Gasteiger partial charge is 0.497 e. The second kappa shape index (κ2) is 12.9. The summed E-state index contributed by atoms with van der Waals surface area (Å²) in [6, 6.07) is 27.5. The molecule has 39 heavy (non-hydrogen) atoms. The van der Waals surface area contributed by atoms with E-state index in [0.29, 0.717) is 35.0 Å². The van der Waals surface area contributed by atoms with Gasteiger partial charge in [-0.05, 0) is 91.3 Å². The van der Waals surface area contributed by atoms with Crippen LogP contribution in [0.1, 0.15) is 6.42 Å². The Morgan fingerprint density at radius 1 is 0.821 bits per heavy atom. The summed E-state index contributed by atoms with van der Waals surface area (Å²) in [5, 5.41) is 2.86. The fourth-order valence-corrected chi connectivity index (χ4v) is 4.75. The number of hydrogen-bond donors (Lipinski definition) is 2. The fraction of sp³-hybridized carbons (Fsp3) is 0.138. The number of carbonyl (C=O) groups is 1. The van der Waals surface area contributed by atoms with E-state index < -0.39 is 21.9 Å². The Balaban J connectivity index is 1.45. The number of ether oxygens (including phenoxy) is 2. The first-order valence-corrected chi connectivity index (χ1v) is 13.6. The highest BCUT2D eigenvalue weighted by Gasteiger charge is 2.18. The van der Waals surface area contributed by atoms with Crippen LogP contribution in [0.5, 0.6) is 17.2 Å². The molecule has 0 radical (unpaired) electrons. The van der Waals surface area contributed by atoms with E-state index in [4.69, 9.17) is 9.47 Å². The van der Waals surface area contributed by atoms with Gasteiger partial charge in [-0.1, -0.05) is 18.2 Å². The summed E-state index contributed by atoms with van der Waals surface area (Å²) in [5.74, 6) is 1.43. The second-order valence-electron chi connectivity index (χ2n) is 8.42. The van der Waals surface area contributed by atoms with Crippen molar-refractivity contribution in [2.45, 2.75) is 11.3 Å². The van der Waals surface area contributed by atoms with Crippen molar-refractivity contribution in [3.8, 4) is 17.2 Å². The average Bonchev–Trinajstić information content (AvgIpc) is 2.95. The molecule has 0 aromatic heterocycles. The van der Waals surface area contributed by atoms with Crippen LogP contribution in [0, 0.1) is 5.82 Å². The number of amides is 2. The van der Waals surface area contributed by atoms with Crippen LogP contribution < -0.4 is 24.4 Å². The van der Waals surface area contributed by atoms with E-state index in [9.17, 15) is 17.6 Å². The van der Waals surface area contributed by atoms with Crippen molar-refractivity contribution in [3.05, 3.63) is 109 Å². The summed E-state index contributed by atoms with van der Waals surface area (Å²) in [6.07, 6.45) is 0.318. The molecule has 0 saturated heterocycles. The highest BCUT2D eigenvalue weighted by atomic mass is 32.2. The van der Waals surface area contributed by atoms with Gasteiger partial charge in [0.25, 0.3) is 0 Å². The number of urea groups is 1. The van der Waals surface area contributed by atoms with Gasteiger partial charge in [0.05, 0.1) is 12.0 Å². The van der Waals surface area contributed by atoms with Gasteiger partial charge in [0.1, 0.15) is 23.1 Å². The van der Waals surface area contributed by atoms with E-state index in [1.54, 1.807) is 55.6 Å². The van der Waals surface area contributed by atoms with E-state index >= 15 is 0 Å². The van der Waals surface area contributed by atoms with Crippen molar-refractivity contribution in [1.82, 2.24) is 4.72 Å². The lowest BCUT2D eigenvalue weighted by Crippen LogP contribution is -2.37. The van der Waals surface area contributed by atoms with Gasteiger partial charge in [-0.3, -0.25) is 4.90 Å². The maximum Gasteiger partial charge on any atom is 0.326 e. The highest BCUT2D eigenvalue weighted by Crippen LogP contribution is 2.25. The van der Waals surface area contributed by atoms with Gasteiger partial charge in [0.15, 0.2) is 0 Å². The molecule has 0 aliphatic carbocycles. The van der Waals surface area contributed by atoms with Crippen molar-refractivity contribution >= 4 is 27.4 Å². The lowest BCUT2D eigenvalue weighted by molar-refractivity contribution is 0.257. The molecule has 202 valence electrons. The molecule has 8 nitrogen and oxygen atoms in total. The number of methoxy groups -OCH3 is 1. The Morgan fingerprint density at radius 3 is 2.08 bits per heavy atom. The third-order valence-electron chi connectivity index (χ3n) is 5.69. The third-order valence-corrected chi connectivity index (χ3v) is 7.17. The zero-order valence-corrected chi connectivity index (χ0v) is 22.0. The smallest absolute Gasteiger partial charge is 0.326 e. The predicted molar refractivity (Wildman–Crippen MR) is 149 cm³/mol. The van der Waals surface area contributed by atoms with Crippen LogP contribution in [-0.2, 0) is 10.0 Å². The van der Waals surface area contributed by atoms with Crippen molar-refractivity contribution in [1.29, 1.82) is 0 Å². The molecular weight excluding hydrogens is 521 g/mol. The SMILES string of the molecule is COc1ccc(NC(=O)N(CCCNS(=O)(=O)c2ccc(F)cc2)c2ccc(Oc3ccccc3)cc2)cc1. The molecule has 0 aliphatic rings. The summed E-state index contributed by atoms with van der Waals surface area (Å²) in [7, 11) is -2.25. The van der Waals surface area contributed by atoms with Crippen molar-refractivity contribution < 1.29 is 27.1 Å². The molecule has 0 bridgehead atoms. The van der Waals surface area contributed by atoms with Crippen LogP contribution in [0.15, 0.2) is 108 Å². The van der Waals surface area contributed by atoms with Crippen molar-refractivity contribution in [2.75, 3.05) is 30.4 Å². The fourth-order valence-electron chi connectivity index (χ4n) is 3.67. The monoisotopic (exact) mass is 549 g/mol. The number of nitrogens with one attached hydrogen (secondary N) is 2. The topological polar surface area (TPSA) is 97.0 Å². The van der Waals surface area contributed by atoms with Crippen LogP contribution in [0.2, 0.25) is 0 Å². The van der Waals surface area contributed by atoms with Gasteiger partial charge < -0.3 is 14.8 Å². The second-order valence-corrected chi connectivity index (χ2v) is 10.2. The molecule has 2 amide bonds. The Morgan fingerprint density at radius 2 is 1.44 bits per heavy atom. The number of para-hydroxylation sites is 1. The molecule has 0 fully saturated rings. The first-order chi connectivity index (χ1) is 18.8. The number of sulfonamides is 1. The lowest BCUT2D eigenvalue weighted by Gasteiger charge is -2.24. The zero-order chi connectivity index (χ0) is 27.7. The summed E-state index contributed by atoms with van der Waals surface area (Å²) < 4.78 is 51.7. The number of hydrogen-bond acceptors (Lipinski definition) is 5. The Kier molecular flexibility index (Phi) is 9.14. The van der Waals surface area contributed by atoms with Crippen molar-refractivity contribution in [3.63, 3.8) is 0 Å². The molecule has 0 heterocycles. The van der Waals surface area contributed by atoms with E-state index in [-0.39, 0.29) is 18.0 Å². The molecule has 4 rings (SSSR count). The van der Waals surface area contributed by atoms with Crippen LogP contribution in [0.25, 0.3) is 0 Å². The molecule has 10 heteroatoms. The molecule has 4 aromatic carbocycles. The van der Waals surface area contributed by atoms with Gasteiger partial charge in [-0.25, -0.2) is 22.3 Å². The molecular formula is C29H28FN3O5S.